The third-order valence-electron chi connectivity index (χ3n) is 8.12. The third kappa shape index (κ3) is 5.09. The number of nitrogens with one attached hydrogen (secondary N) is 1. The Kier molecular flexibility index (Phi) is 6.57. The molecule has 0 spiro atoms. The summed E-state index contributed by atoms with van der Waals surface area (Å²) in [6, 6.07) is 4.92. The Balaban J connectivity index is 1.37. The number of benzene rings is 2. The molecule has 0 bridgehead atoms. The van der Waals surface area contributed by atoms with E-state index >= 15 is 0 Å². The van der Waals surface area contributed by atoms with Crippen LogP contribution in [0.5, 0.6) is 0 Å². The summed E-state index contributed by atoms with van der Waals surface area (Å²) in [6.07, 6.45) is -3.33. The first-order valence-corrected chi connectivity index (χ1v) is 14.5. The van der Waals surface area contributed by atoms with E-state index in [0.717, 1.165) is 6.26 Å². The number of amides is 2. The zero-order chi connectivity index (χ0) is 29.4. The average Bonchev–Trinajstić information content (AvgIpc) is 3.50. The molecule has 3 aliphatic rings. The van der Waals surface area contributed by atoms with Gasteiger partial charge in [-0.1, -0.05) is 6.07 Å². The Morgan fingerprint density at radius 3 is 2.38 bits per heavy atom. The number of piperidine rings is 1. The summed E-state index contributed by atoms with van der Waals surface area (Å²) in [7, 11) is -3.58. The molecule has 5 rings (SSSR count). The lowest BCUT2D eigenvalue weighted by Gasteiger charge is -2.52. The molecule has 2 aliphatic carbocycles. The average molecular weight is 587 g/mol. The first-order chi connectivity index (χ1) is 18.4. The van der Waals surface area contributed by atoms with Crippen LogP contribution in [0.1, 0.15) is 54.1 Å². The van der Waals surface area contributed by atoms with Gasteiger partial charge < -0.3 is 15.3 Å². The molecule has 2 amide bonds. The predicted molar refractivity (Wildman–Crippen MR) is 132 cm³/mol. The number of carbonyl (C=O) groups excluding carboxylic acids is 2. The highest BCUT2D eigenvalue weighted by molar-refractivity contribution is 7.90. The summed E-state index contributed by atoms with van der Waals surface area (Å²) in [5, 5.41) is 13.0. The maximum atomic E-state index is 14.9. The number of hydrogen-bond donors (Lipinski definition) is 2. The minimum Gasteiger partial charge on any atom is -0.390 e. The third-order valence-corrected chi connectivity index (χ3v) is 9.23. The largest absolute Gasteiger partial charge is 0.419 e. The molecule has 1 aliphatic heterocycles. The summed E-state index contributed by atoms with van der Waals surface area (Å²) < 4.78 is 92.4. The molecule has 13 heteroatoms. The van der Waals surface area contributed by atoms with Gasteiger partial charge in [0.15, 0.2) is 9.84 Å². The topological polar surface area (TPSA) is 104 Å². The molecule has 7 nitrogen and oxygen atoms in total. The normalized spacial score (nSPS) is 29.5. The number of sulfone groups is 1. The van der Waals surface area contributed by atoms with Crippen LogP contribution in [0.3, 0.4) is 0 Å². The lowest BCUT2D eigenvalue weighted by Crippen LogP contribution is -2.59. The van der Waals surface area contributed by atoms with E-state index in [1.54, 1.807) is 0 Å². The van der Waals surface area contributed by atoms with E-state index in [1.165, 1.54) is 36.1 Å². The number of likely N-dealkylation sites (tertiary alicyclic amines) is 1. The molecule has 0 radical (unpaired) electrons. The summed E-state index contributed by atoms with van der Waals surface area (Å²) >= 11 is 0. The predicted octanol–water partition coefficient (Wildman–Crippen LogP) is 3.59. The number of halogens is 5. The van der Waals surface area contributed by atoms with Gasteiger partial charge in [-0.15, -0.1) is 0 Å². The number of hydrogen-bond acceptors (Lipinski definition) is 5. The Bertz CT molecular complexity index is 1500. The molecule has 1 heterocycles. The van der Waals surface area contributed by atoms with Crippen molar-refractivity contribution in [2.45, 2.75) is 66.8 Å². The van der Waals surface area contributed by atoms with E-state index in [1.807, 2.05) is 0 Å². The maximum absolute atomic E-state index is 14.9. The summed E-state index contributed by atoms with van der Waals surface area (Å²) in [6.45, 7) is 1.14. The molecule has 2 aromatic rings. The van der Waals surface area contributed by atoms with Crippen LogP contribution in [0.25, 0.3) is 0 Å². The molecule has 2 aromatic carbocycles. The van der Waals surface area contributed by atoms with Gasteiger partial charge in [-0.3, -0.25) is 9.59 Å². The maximum Gasteiger partial charge on any atom is 0.419 e. The SMILES string of the molecule is CC1(O)CC(CNC(=O)[C@H]2C[C@H]3C[C@H]3N2C(=O)c2cccc(S(C)(=O)=O)c2)(c2cc(F)c(C(F)(F)F)cc2F)C1. The summed E-state index contributed by atoms with van der Waals surface area (Å²) in [5.74, 6) is -3.99. The number of alkyl halides is 3. The lowest BCUT2D eigenvalue weighted by molar-refractivity contribution is -0.140. The molecule has 40 heavy (non-hydrogen) atoms. The van der Waals surface area contributed by atoms with Crippen LogP contribution in [-0.4, -0.2) is 60.7 Å². The van der Waals surface area contributed by atoms with Crippen LogP contribution < -0.4 is 5.32 Å². The van der Waals surface area contributed by atoms with Gasteiger partial charge in [0.1, 0.15) is 17.7 Å². The van der Waals surface area contributed by atoms with E-state index in [9.17, 15) is 45.1 Å². The number of nitrogens with zero attached hydrogens (tertiary/aromatic N) is 1. The monoisotopic (exact) mass is 586 g/mol. The fourth-order valence-electron chi connectivity index (χ4n) is 6.35. The molecular weight excluding hydrogens is 559 g/mol. The van der Waals surface area contributed by atoms with Crippen molar-refractivity contribution in [2.75, 3.05) is 12.8 Å². The van der Waals surface area contributed by atoms with Gasteiger partial charge in [0.25, 0.3) is 5.91 Å². The van der Waals surface area contributed by atoms with Gasteiger partial charge in [0.05, 0.1) is 16.1 Å². The lowest BCUT2D eigenvalue weighted by atomic mass is 9.56. The zero-order valence-corrected chi connectivity index (χ0v) is 22.4. The van der Waals surface area contributed by atoms with E-state index in [2.05, 4.69) is 5.32 Å². The molecule has 2 saturated carbocycles. The molecule has 0 aromatic heterocycles. The highest BCUT2D eigenvalue weighted by Crippen LogP contribution is 2.52. The molecule has 3 fully saturated rings. The summed E-state index contributed by atoms with van der Waals surface area (Å²) in [4.78, 5) is 28.1. The van der Waals surface area contributed by atoms with Gasteiger partial charge >= 0.3 is 6.18 Å². The van der Waals surface area contributed by atoms with E-state index < -0.39 is 62.1 Å². The van der Waals surface area contributed by atoms with Gasteiger partial charge in [-0.2, -0.15) is 13.2 Å². The van der Waals surface area contributed by atoms with Crippen molar-refractivity contribution < 1.29 is 45.1 Å². The van der Waals surface area contributed by atoms with Crippen LogP contribution in [-0.2, 0) is 26.2 Å². The second-order valence-electron chi connectivity index (χ2n) is 11.5. The van der Waals surface area contributed by atoms with Gasteiger partial charge in [0.2, 0.25) is 5.91 Å². The fourth-order valence-corrected chi connectivity index (χ4v) is 7.02. The number of carbonyl (C=O) groups is 2. The molecule has 2 N–H and O–H groups in total. The first kappa shape index (κ1) is 28.5. The molecule has 216 valence electrons. The number of fused-ring (bicyclic) bond motifs is 1. The van der Waals surface area contributed by atoms with Crippen LogP contribution in [0.4, 0.5) is 22.0 Å². The van der Waals surface area contributed by atoms with Crippen LogP contribution in [0, 0.1) is 17.6 Å². The zero-order valence-electron chi connectivity index (χ0n) is 21.6. The number of aliphatic hydroxyl groups is 1. The Morgan fingerprint density at radius 2 is 1.77 bits per heavy atom. The standard InChI is InChI=1S/C27H27F5N2O5S/c1-25(37)11-26(12-25,17-9-20(29)18(10-19(17)28)27(30,31)32)13-33-23(35)22-8-15-7-21(15)34(22)24(36)14-4-3-5-16(6-14)40(2,38)39/h3-6,9-10,15,21-22,37H,7-8,11-13H2,1-2H3,(H,33,35)/t15-,21-,22-,25?,26?/m1/s1. The van der Waals surface area contributed by atoms with Crippen molar-refractivity contribution in [3.63, 3.8) is 0 Å². The molecule has 1 saturated heterocycles. The van der Waals surface area contributed by atoms with Crippen molar-refractivity contribution in [3.05, 3.63) is 64.7 Å². The van der Waals surface area contributed by atoms with Gasteiger partial charge in [0, 0.05) is 29.8 Å². The molecule has 3 atom stereocenters. The van der Waals surface area contributed by atoms with E-state index in [-0.39, 0.29) is 53.4 Å². The van der Waals surface area contributed by atoms with Crippen LogP contribution >= 0.6 is 0 Å². The summed E-state index contributed by atoms with van der Waals surface area (Å²) in [5.41, 5.74) is -4.71. The quantitative estimate of drug-likeness (QED) is 0.504. The van der Waals surface area contributed by atoms with Crippen molar-refractivity contribution in [3.8, 4) is 0 Å². The minimum atomic E-state index is -5.10. The first-order valence-electron chi connectivity index (χ1n) is 12.6. The van der Waals surface area contributed by atoms with Crippen LogP contribution in [0.2, 0.25) is 0 Å². The second-order valence-corrected chi connectivity index (χ2v) is 13.5. The van der Waals surface area contributed by atoms with E-state index in [0.29, 0.717) is 18.9 Å². The highest BCUT2D eigenvalue weighted by Gasteiger charge is 2.57. The Hall–Kier alpha value is -3.06. The number of rotatable bonds is 6. The smallest absolute Gasteiger partial charge is 0.390 e. The van der Waals surface area contributed by atoms with Crippen LogP contribution in [0.15, 0.2) is 41.3 Å². The molecular formula is C27H27F5N2O5S. The van der Waals surface area contributed by atoms with Crippen molar-refractivity contribution in [1.29, 1.82) is 0 Å². The van der Waals surface area contributed by atoms with Crippen molar-refractivity contribution >= 4 is 21.7 Å². The fraction of sp³-hybridized carbons (Fsp3) is 0.481. The van der Waals surface area contributed by atoms with Gasteiger partial charge in [-0.25, -0.2) is 17.2 Å². The minimum absolute atomic E-state index is 0.0457. The van der Waals surface area contributed by atoms with Crippen molar-refractivity contribution in [2.24, 2.45) is 5.92 Å². The second kappa shape index (κ2) is 9.23. The Labute approximate surface area is 227 Å². The molecule has 0 unspecified atom stereocenters. The van der Waals surface area contributed by atoms with Gasteiger partial charge in [-0.05, 0) is 74.4 Å². The Morgan fingerprint density at radius 1 is 1.10 bits per heavy atom. The highest BCUT2D eigenvalue weighted by atomic mass is 32.2. The van der Waals surface area contributed by atoms with Crippen molar-refractivity contribution in [1.82, 2.24) is 10.2 Å². The van der Waals surface area contributed by atoms with E-state index in [4.69, 9.17) is 0 Å².